The molecule has 57 valence electrons. The molecule has 4 heteroatoms. The zero-order chi connectivity index (χ0) is 8.43. The molecule has 0 atom stereocenters. The van der Waals surface area contributed by atoms with Crippen molar-refractivity contribution in [2.24, 2.45) is 0 Å². The predicted molar refractivity (Wildman–Crippen MR) is 43.9 cm³/mol. The fourth-order valence-electron chi connectivity index (χ4n) is 0.685. The standard InChI is InChI=1S/C7H4Cl2NO/c8-5-1-4(7(10)11)2-6(9)3-5/h1-3,10H. The maximum atomic E-state index is 10.5. The maximum Gasteiger partial charge on any atom is 0.269 e. The molecule has 1 amide bonds. The van der Waals surface area contributed by atoms with Crippen LogP contribution in [0.4, 0.5) is 0 Å². The van der Waals surface area contributed by atoms with E-state index in [1.54, 1.807) is 0 Å². The Morgan fingerprint density at radius 2 is 1.64 bits per heavy atom. The van der Waals surface area contributed by atoms with E-state index >= 15 is 0 Å². The van der Waals surface area contributed by atoms with Crippen LogP contribution in [0.1, 0.15) is 10.4 Å². The summed E-state index contributed by atoms with van der Waals surface area (Å²) in [6, 6.07) is 4.32. The van der Waals surface area contributed by atoms with E-state index in [0.29, 0.717) is 10.0 Å². The first-order chi connectivity index (χ1) is 5.09. The van der Waals surface area contributed by atoms with E-state index < -0.39 is 5.91 Å². The molecule has 0 saturated heterocycles. The number of carbonyl (C=O) groups excluding carboxylic acids is 1. The van der Waals surface area contributed by atoms with E-state index in [9.17, 15) is 4.79 Å². The van der Waals surface area contributed by atoms with Gasteiger partial charge in [-0.1, -0.05) is 23.2 Å². The van der Waals surface area contributed by atoms with E-state index in [2.05, 4.69) is 0 Å². The van der Waals surface area contributed by atoms with Gasteiger partial charge in [-0.3, -0.25) is 10.5 Å². The molecule has 0 bridgehead atoms. The van der Waals surface area contributed by atoms with Gasteiger partial charge in [-0.2, -0.15) is 0 Å². The van der Waals surface area contributed by atoms with Crippen molar-refractivity contribution >= 4 is 29.1 Å². The Morgan fingerprint density at radius 3 is 2.00 bits per heavy atom. The van der Waals surface area contributed by atoms with E-state index in [-0.39, 0.29) is 5.56 Å². The van der Waals surface area contributed by atoms with Crippen LogP contribution in [0.5, 0.6) is 0 Å². The molecule has 1 aromatic carbocycles. The molecule has 1 rings (SSSR count). The summed E-state index contributed by atoms with van der Waals surface area (Å²) < 4.78 is 0. The number of amides is 1. The Morgan fingerprint density at radius 1 is 1.18 bits per heavy atom. The lowest BCUT2D eigenvalue weighted by atomic mass is 10.2. The fraction of sp³-hybridized carbons (Fsp3) is 0. The minimum atomic E-state index is -0.783. The van der Waals surface area contributed by atoms with Gasteiger partial charge < -0.3 is 0 Å². The number of carbonyl (C=O) groups is 1. The number of hydrogen-bond donors (Lipinski definition) is 0. The molecule has 0 aliphatic carbocycles. The van der Waals surface area contributed by atoms with E-state index in [4.69, 9.17) is 28.9 Å². The fourth-order valence-corrected chi connectivity index (χ4v) is 1.21. The zero-order valence-electron chi connectivity index (χ0n) is 5.40. The van der Waals surface area contributed by atoms with Gasteiger partial charge in [0.2, 0.25) is 0 Å². The molecule has 0 aromatic heterocycles. The maximum absolute atomic E-state index is 10.5. The summed E-state index contributed by atoms with van der Waals surface area (Å²) in [6.07, 6.45) is 0. The smallest absolute Gasteiger partial charge is 0.267 e. The molecule has 0 saturated carbocycles. The van der Waals surface area contributed by atoms with Gasteiger partial charge in [-0.25, -0.2) is 0 Å². The summed E-state index contributed by atoms with van der Waals surface area (Å²) in [4.78, 5) is 10.5. The molecule has 0 fully saturated rings. The molecule has 11 heavy (non-hydrogen) atoms. The van der Waals surface area contributed by atoms with Crippen molar-refractivity contribution in [1.82, 2.24) is 5.73 Å². The Balaban J connectivity index is 3.19. The highest BCUT2D eigenvalue weighted by atomic mass is 35.5. The van der Waals surface area contributed by atoms with Crippen molar-refractivity contribution in [3.63, 3.8) is 0 Å². The van der Waals surface area contributed by atoms with Gasteiger partial charge in [0, 0.05) is 15.6 Å². The Bertz CT molecular complexity index is 278. The highest BCUT2D eigenvalue weighted by Crippen LogP contribution is 2.18. The lowest BCUT2D eigenvalue weighted by Crippen LogP contribution is -1.97. The third-order valence-electron chi connectivity index (χ3n) is 1.12. The Labute approximate surface area is 73.9 Å². The first-order valence-electron chi connectivity index (χ1n) is 2.81. The summed E-state index contributed by atoms with van der Waals surface area (Å²) in [5.41, 5.74) is 6.97. The molecule has 0 heterocycles. The lowest BCUT2D eigenvalue weighted by Gasteiger charge is -1.95. The van der Waals surface area contributed by atoms with Gasteiger partial charge in [0.25, 0.3) is 5.91 Å². The molecule has 0 spiro atoms. The first-order valence-corrected chi connectivity index (χ1v) is 3.57. The van der Waals surface area contributed by atoms with Crippen LogP contribution in [0, 0.1) is 0 Å². The number of halogens is 2. The molecule has 1 aromatic rings. The van der Waals surface area contributed by atoms with Crippen molar-refractivity contribution in [3.05, 3.63) is 33.8 Å². The summed E-state index contributed by atoms with van der Waals surface area (Å²) in [5, 5.41) is 0.737. The molecular weight excluding hydrogens is 185 g/mol. The second-order valence-corrected chi connectivity index (χ2v) is 2.86. The largest absolute Gasteiger partial charge is 0.269 e. The number of hydrogen-bond acceptors (Lipinski definition) is 1. The van der Waals surface area contributed by atoms with Gasteiger partial charge in [0.15, 0.2) is 0 Å². The predicted octanol–water partition coefficient (Wildman–Crippen LogP) is 2.42. The monoisotopic (exact) mass is 188 g/mol. The van der Waals surface area contributed by atoms with Crippen molar-refractivity contribution < 1.29 is 4.79 Å². The highest BCUT2D eigenvalue weighted by molar-refractivity contribution is 6.35. The van der Waals surface area contributed by atoms with Gasteiger partial charge in [0.05, 0.1) is 0 Å². The molecule has 1 N–H and O–H groups in total. The van der Waals surface area contributed by atoms with Crippen molar-refractivity contribution in [2.75, 3.05) is 0 Å². The third kappa shape index (κ3) is 2.10. The van der Waals surface area contributed by atoms with Crippen LogP contribution in [0.15, 0.2) is 18.2 Å². The second kappa shape index (κ2) is 3.11. The summed E-state index contributed by atoms with van der Waals surface area (Å²) >= 11 is 11.1. The van der Waals surface area contributed by atoms with Crippen LogP contribution >= 0.6 is 23.2 Å². The Hall–Kier alpha value is -0.730. The van der Waals surface area contributed by atoms with Crippen molar-refractivity contribution in [2.45, 2.75) is 0 Å². The van der Waals surface area contributed by atoms with Crippen LogP contribution in [-0.4, -0.2) is 5.91 Å². The zero-order valence-corrected chi connectivity index (χ0v) is 6.91. The van der Waals surface area contributed by atoms with E-state index in [1.807, 2.05) is 0 Å². The first kappa shape index (κ1) is 8.37. The van der Waals surface area contributed by atoms with Crippen LogP contribution in [0.2, 0.25) is 10.0 Å². The SMILES string of the molecule is [NH]C(=O)c1cc(Cl)cc(Cl)c1. The van der Waals surface area contributed by atoms with Crippen molar-refractivity contribution in [3.8, 4) is 0 Å². The normalized spacial score (nSPS) is 9.64. The summed E-state index contributed by atoms with van der Waals surface area (Å²) in [6.45, 7) is 0. The molecular formula is C7H4Cl2NO. The average molecular weight is 189 g/mol. The topological polar surface area (TPSA) is 40.9 Å². The highest BCUT2D eigenvalue weighted by Gasteiger charge is 2.02. The van der Waals surface area contributed by atoms with Gasteiger partial charge in [0.1, 0.15) is 0 Å². The second-order valence-electron chi connectivity index (χ2n) is 1.99. The van der Waals surface area contributed by atoms with E-state index in [1.165, 1.54) is 18.2 Å². The lowest BCUT2D eigenvalue weighted by molar-refractivity contribution is 0.0992. The molecule has 0 aliphatic heterocycles. The quantitative estimate of drug-likeness (QED) is 0.668. The minimum Gasteiger partial charge on any atom is -0.267 e. The molecule has 0 unspecified atom stereocenters. The summed E-state index contributed by atoms with van der Waals surface area (Å²) in [7, 11) is 0. The Kier molecular flexibility index (Phi) is 2.37. The van der Waals surface area contributed by atoms with Gasteiger partial charge in [-0.15, -0.1) is 0 Å². The summed E-state index contributed by atoms with van der Waals surface area (Å²) in [5.74, 6) is -0.783. The van der Waals surface area contributed by atoms with Gasteiger partial charge in [-0.05, 0) is 18.2 Å². The molecule has 2 nitrogen and oxygen atoms in total. The van der Waals surface area contributed by atoms with E-state index in [0.717, 1.165) is 0 Å². The van der Waals surface area contributed by atoms with Gasteiger partial charge >= 0.3 is 0 Å². The number of rotatable bonds is 1. The minimum absolute atomic E-state index is 0.211. The number of nitrogens with one attached hydrogen (secondary N) is 1. The average Bonchev–Trinajstić information content (AvgIpc) is 1.85. The number of benzene rings is 1. The van der Waals surface area contributed by atoms with Crippen LogP contribution in [0.3, 0.4) is 0 Å². The van der Waals surface area contributed by atoms with Crippen LogP contribution < -0.4 is 5.73 Å². The van der Waals surface area contributed by atoms with Crippen molar-refractivity contribution in [1.29, 1.82) is 0 Å². The third-order valence-corrected chi connectivity index (χ3v) is 1.56. The molecule has 1 radical (unpaired) electrons. The van der Waals surface area contributed by atoms with Crippen LogP contribution in [0.25, 0.3) is 0 Å². The molecule has 0 aliphatic rings. The van der Waals surface area contributed by atoms with Crippen LogP contribution in [-0.2, 0) is 0 Å².